The third kappa shape index (κ3) is 5.93. The summed E-state index contributed by atoms with van der Waals surface area (Å²) in [5.41, 5.74) is 0.489. The second kappa shape index (κ2) is 8.57. The van der Waals surface area contributed by atoms with Crippen LogP contribution < -0.4 is 10.1 Å². The number of anilines is 1. The fourth-order valence-electron chi connectivity index (χ4n) is 2.35. The molecule has 2 rings (SSSR count). The highest BCUT2D eigenvalue weighted by molar-refractivity contribution is 8.02. The highest BCUT2D eigenvalue weighted by Crippen LogP contribution is 2.25. The Kier molecular flexibility index (Phi) is 6.71. The molecule has 1 heterocycles. The molecule has 7 nitrogen and oxygen atoms in total. The molecule has 0 radical (unpaired) electrons. The Balaban J connectivity index is 1.79. The van der Waals surface area contributed by atoms with Crippen LogP contribution in [0.5, 0.6) is 5.75 Å². The first-order chi connectivity index (χ1) is 11.8. The number of hydrogen-bond acceptors (Lipinski definition) is 7. The number of rotatable bonds is 7. The van der Waals surface area contributed by atoms with E-state index < -0.39 is 27.8 Å². The predicted molar refractivity (Wildman–Crippen MR) is 96.7 cm³/mol. The van der Waals surface area contributed by atoms with Crippen molar-refractivity contribution < 1.29 is 27.5 Å². The first-order valence-electron chi connectivity index (χ1n) is 7.76. The fraction of sp³-hybridized carbons (Fsp3) is 0.500. The minimum atomic E-state index is -2.97. The lowest BCUT2D eigenvalue weighted by Crippen LogP contribution is -2.30. The van der Waals surface area contributed by atoms with Crippen LogP contribution in [-0.4, -0.2) is 56.0 Å². The van der Waals surface area contributed by atoms with E-state index in [2.05, 4.69) is 5.32 Å². The van der Waals surface area contributed by atoms with Gasteiger partial charge in [0.2, 0.25) is 0 Å². The average Bonchev–Trinajstić information content (AvgIpc) is 2.92. The van der Waals surface area contributed by atoms with E-state index in [-0.39, 0.29) is 22.5 Å². The summed E-state index contributed by atoms with van der Waals surface area (Å²) in [6, 6.07) is 6.92. The van der Waals surface area contributed by atoms with Crippen molar-refractivity contribution in [1.82, 2.24) is 0 Å². The zero-order valence-corrected chi connectivity index (χ0v) is 15.7. The fourth-order valence-corrected chi connectivity index (χ4v) is 5.77. The lowest BCUT2D eigenvalue weighted by atomic mass is 10.2. The van der Waals surface area contributed by atoms with E-state index in [0.717, 1.165) is 0 Å². The van der Waals surface area contributed by atoms with Crippen molar-refractivity contribution in [3.8, 4) is 5.75 Å². The van der Waals surface area contributed by atoms with Crippen molar-refractivity contribution >= 4 is 39.2 Å². The first-order valence-corrected chi connectivity index (χ1v) is 10.6. The minimum Gasteiger partial charge on any atom is -0.495 e. The Bertz CT molecular complexity index is 734. The average molecular weight is 387 g/mol. The number of thioether (sulfide) groups is 1. The molecule has 1 N–H and O–H groups in total. The lowest BCUT2D eigenvalue weighted by molar-refractivity contribution is -0.150. The molecule has 1 aliphatic heterocycles. The van der Waals surface area contributed by atoms with Gasteiger partial charge >= 0.3 is 5.97 Å². The Morgan fingerprint density at radius 2 is 2.08 bits per heavy atom. The zero-order chi connectivity index (χ0) is 18.4. The van der Waals surface area contributed by atoms with Crippen LogP contribution in [0.15, 0.2) is 24.3 Å². The number of sulfone groups is 1. The van der Waals surface area contributed by atoms with Crippen molar-refractivity contribution in [2.75, 3.05) is 29.7 Å². The van der Waals surface area contributed by atoms with E-state index in [1.807, 2.05) is 0 Å². The third-order valence-electron chi connectivity index (χ3n) is 3.67. The van der Waals surface area contributed by atoms with E-state index in [1.54, 1.807) is 24.3 Å². The van der Waals surface area contributed by atoms with Crippen LogP contribution >= 0.6 is 11.8 Å². The Labute approximate surface area is 151 Å². The zero-order valence-electron chi connectivity index (χ0n) is 14.1. The quantitative estimate of drug-likeness (QED) is 0.708. The predicted octanol–water partition coefficient (Wildman–Crippen LogP) is 1.49. The van der Waals surface area contributed by atoms with E-state index in [4.69, 9.17) is 9.47 Å². The van der Waals surface area contributed by atoms with Gasteiger partial charge in [0.15, 0.2) is 15.9 Å². The van der Waals surface area contributed by atoms with Gasteiger partial charge in [0.1, 0.15) is 5.75 Å². The molecule has 2 atom stereocenters. The molecule has 0 unspecified atom stereocenters. The molecule has 9 heteroatoms. The lowest BCUT2D eigenvalue weighted by Gasteiger charge is -2.15. The van der Waals surface area contributed by atoms with Crippen LogP contribution in [0, 0.1) is 0 Å². The van der Waals surface area contributed by atoms with Gasteiger partial charge in [0.05, 0.1) is 30.1 Å². The summed E-state index contributed by atoms with van der Waals surface area (Å²) in [6.07, 6.45) is -0.422. The third-order valence-corrected chi connectivity index (χ3v) is 6.92. The minimum absolute atomic E-state index is 0.0203. The Hall–Kier alpha value is -1.74. The van der Waals surface area contributed by atoms with Gasteiger partial charge in [-0.05, 0) is 25.5 Å². The maximum Gasteiger partial charge on any atom is 0.316 e. The molecule has 1 fully saturated rings. The van der Waals surface area contributed by atoms with Gasteiger partial charge in [-0.2, -0.15) is 0 Å². The molecule has 1 aliphatic rings. The van der Waals surface area contributed by atoms with Gasteiger partial charge in [-0.3, -0.25) is 9.59 Å². The first kappa shape index (κ1) is 19.6. The van der Waals surface area contributed by atoms with Crippen LogP contribution in [0.25, 0.3) is 0 Å². The van der Waals surface area contributed by atoms with Gasteiger partial charge in [0.25, 0.3) is 5.91 Å². The number of hydrogen-bond donors (Lipinski definition) is 1. The summed E-state index contributed by atoms with van der Waals surface area (Å²) < 4.78 is 33.0. The monoisotopic (exact) mass is 387 g/mol. The molecule has 1 saturated heterocycles. The number of carbonyl (C=O) groups excluding carboxylic acids is 2. The highest BCUT2D eigenvalue weighted by atomic mass is 32.2. The molecule has 0 aromatic heterocycles. The normalized spacial score (nSPS) is 19.8. The van der Waals surface area contributed by atoms with Crippen molar-refractivity contribution in [2.45, 2.75) is 24.7 Å². The van der Waals surface area contributed by atoms with Crippen molar-refractivity contribution in [3.05, 3.63) is 24.3 Å². The molecule has 138 valence electrons. The van der Waals surface area contributed by atoms with Crippen LogP contribution in [0.1, 0.15) is 13.3 Å². The van der Waals surface area contributed by atoms with Gasteiger partial charge in [0, 0.05) is 5.25 Å². The molecule has 0 aliphatic carbocycles. The summed E-state index contributed by atoms with van der Waals surface area (Å²) in [5, 5.41) is 2.56. The van der Waals surface area contributed by atoms with Crippen LogP contribution in [0.4, 0.5) is 5.69 Å². The van der Waals surface area contributed by atoms with Crippen LogP contribution in [-0.2, 0) is 24.2 Å². The number of methoxy groups -OCH3 is 1. The standard InChI is InChI=1S/C16H21NO6S2/c1-11(16(19)17-13-5-3-4-6-14(13)22-2)23-15(18)9-24-12-7-8-25(20,21)10-12/h3-6,11-12H,7-10H2,1-2H3,(H,17,19)/t11-,12+/m1/s1. The molecule has 1 aromatic rings. The van der Waals surface area contributed by atoms with Gasteiger partial charge in [-0.1, -0.05) is 12.1 Å². The van der Waals surface area contributed by atoms with Crippen LogP contribution in [0.3, 0.4) is 0 Å². The van der Waals surface area contributed by atoms with Crippen molar-refractivity contribution in [1.29, 1.82) is 0 Å². The number of benzene rings is 1. The molecule has 25 heavy (non-hydrogen) atoms. The molecule has 0 bridgehead atoms. The largest absolute Gasteiger partial charge is 0.495 e. The second-order valence-electron chi connectivity index (χ2n) is 5.66. The molecular weight excluding hydrogens is 366 g/mol. The van der Waals surface area contributed by atoms with Gasteiger partial charge in [-0.25, -0.2) is 8.42 Å². The van der Waals surface area contributed by atoms with E-state index >= 15 is 0 Å². The molecule has 1 aromatic carbocycles. The topological polar surface area (TPSA) is 98.8 Å². The molecule has 1 amide bonds. The summed E-state index contributed by atoms with van der Waals surface area (Å²) in [6.45, 7) is 1.48. The summed E-state index contributed by atoms with van der Waals surface area (Å²) >= 11 is 1.25. The van der Waals surface area contributed by atoms with Crippen LogP contribution in [0.2, 0.25) is 0 Å². The Morgan fingerprint density at radius 1 is 1.36 bits per heavy atom. The SMILES string of the molecule is COc1ccccc1NC(=O)[C@@H](C)OC(=O)CS[C@H]1CCS(=O)(=O)C1. The maximum absolute atomic E-state index is 12.1. The highest BCUT2D eigenvalue weighted by Gasteiger charge is 2.29. The van der Waals surface area contributed by atoms with E-state index in [1.165, 1.54) is 25.8 Å². The summed E-state index contributed by atoms with van der Waals surface area (Å²) in [4.78, 5) is 24.0. The van der Waals surface area contributed by atoms with E-state index in [9.17, 15) is 18.0 Å². The summed E-state index contributed by atoms with van der Waals surface area (Å²) in [5.74, 6) is -0.228. The number of amides is 1. The molecule has 0 spiro atoms. The second-order valence-corrected chi connectivity index (χ2v) is 9.18. The number of esters is 1. The number of carbonyl (C=O) groups is 2. The molecule has 0 saturated carbocycles. The summed E-state index contributed by atoms with van der Waals surface area (Å²) in [7, 11) is -1.48. The number of nitrogens with one attached hydrogen (secondary N) is 1. The number of para-hydroxylation sites is 2. The van der Waals surface area contributed by atoms with Crippen molar-refractivity contribution in [3.63, 3.8) is 0 Å². The van der Waals surface area contributed by atoms with E-state index in [0.29, 0.717) is 17.9 Å². The van der Waals surface area contributed by atoms with Crippen molar-refractivity contribution in [2.24, 2.45) is 0 Å². The number of ether oxygens (including phenoxy) is 2. The van der Waals surface area contributed by atoms with Gasteiger partial charge < -0.3 is 14.8 Å². The smallest absolute Gasteiger partial charge is 0.316 e. The molecular formula is C16H21NO6S2. The maximum atomic E-state index is 12.1. The van der Waals surface area contributed by atoms with Gasteiger partial charge in [-0.15, -0.1) is 11.8 Å². The Morgan fingerprint density at radius 3 is 2.72 bits per heavy atom.